The lowest BCUT2D eigenvalue weighted by Gasteiger charge is -2.17. The average molecular weight is 300 g/mol. The molecule has 6 nitrogen and oxygen atoms in total. The highest BCUT2D eigenvalue weighted by molar-refractivity contribution is 7.87. The van der Waals surface area contributed by atoms with E-state index >= 15 is 0 Å². The molecule has 1 aromatic rings. The number of nitrogens with zero attached hydrogens (tertiary/aromatic N) is 1. The summed E-state index contributed by atoms with van der Waals surface area (Å²) in [6, 6.07) is 6.60. The van der Waals surface area contributed by atoms with Gasteiger partial charge in [0.15, 0.2) is 0 Å². The summed E-state index contributed by atoms with van der Waals surface area (Å²) in [5, 5.41) is 9.06. The summed E-state index contributed by atoms with van der Waals surface area (Å²) in [6.07, 6.45) is 1.07. The summed E-state index contributed by atoms with van der Waals surface area (Å²) in [5.74, 6) is -1.00. The number of carboxylic acid groups (broad SMARTS) is 1. The van der Waals surface area contributed by atoms with Gasteiger partial charge in [0.2, 0.25) is 0 Å². The van der Waals surface area contributed by atoms with Crippen molar-refractivity contribution in [1.82, 2.24) is 9.03 Å². The predicted octanol–water partition coefficient (Wildman–Crippen LogP) is 1.10. The molecule has 0 heterocycles. The van der Waals surface area contributed by atoms with E-state index in [0.29, 0.717) is 18.5 Å². The highest BCUT2D eigenvalue weighted by Crippen LogP contribution is 2.10. The number of nitrogens with one attached hydrogen (secondary N) is 1. The third kappa shape index (κ3) is 4.59. The fraction of sp³-hybridized carbons (Fsp3) is 0.462. The molecular formula is C13H20N2O4S. The summed E-state index contributed by atoms with van der Waals surface area (Å²) >= 11 is 0. The smallest absolute Gasteiger partial charge is 0.335 e. The van der Waals surface area contributed by atoms with Gasteiger partial charge in [-0.25, -0.2) is 9.52 Å². The molecule has 1 rings (SSSR count). The molecule has 0 aliphatic heterocycles. The van der Waals surface area contributed by atoms with Crippen molar-refractivity contribution in [2.24, 2.45) is 0 Å². The second-order valence-electron chi connectivity index (χ2n) is 4.43. The molecular weight excluding hydrogens is 280 g/mol. The third-order valence-corrected chi connectivity index (χ3v) is 4.46. The van der Waals surface area contributed by atoms with Crippen molar-refractivity contribution >= 4 is 16.2 Å². The largest absolute Gasteiger partial charge is 0.478 e. The average Bonchev–Trinajstić information content (AvgIpc) is 2.42. The van der Waals surface area contributed by atoms with Gasteiger partial charge in [0.1, 0.15) is 0 Å². The number of carboxylic acids is 1. The quantitative estimate of drug-likeness (QED) is 0.753. The van der Waals surface area contributed by atoms with Crippen molar-refractivity contribution < 1.29 is 18.3 Å². The molecule has 0 amide bonds. The summed E-state index contributed by atoms with van der Waals surface area (Å²) < 4.78 is 27.3. The molecule has 0 radical (unpaired) electrons. The van der Waals surface area contributed by atoms with E-state index in [2.05, 4.69) is 4.72 Å². The molecule has 0 aliphatic carbocycles. The Hall–Kier alpha value is -1.44. The van der Waals surface area contributed by atoms with E-state index < -0.39 is 16.2 Å². The topological polar surface area (TPSA) is 86.7 Å². The van der Waals surface area contributed by atoms with Crippen LogP contribution in [0.1, 0.15) is 29.3 Å². The minimum atomic E-state index is -3.49. The molecule has 20 heavy (non-hydrogen) atoms. The van der Waals surface area contributed by atoms with Gasteiger partial charge in [-0.05, 0) is 24.5 Å². The number of rotatable bonds is 8. The maximum absolute atomic E-state index is 11.8. The van der Waals surface area contributed by atoms with Crippen LogP contribution in [-0.4, -0.2) is 43.9 Å². The van der Waals surface area contributed by atoms with Crippen LogP contribution < -0.4 is 4.72 Å². The van der Waals surface area contributed by atoms with E-state index in [1.54, 1.807) is 18.2 Å². The van der Waals surface area contributed by atoms with Crippen LogP contribution in [0.5, 0.6) is 0 Å². The van der Waals surface area contributed by atoms with E-state index in [1.807, 2.05) is 6.92 Å². The molecule has 112 valence electrons. The Kier molecular flexibility index (Phi) is 6.12. The zero-order valence-corrected chi connectivity index (χ0v) is 12.5. The van der Waals surface area contributed by atoms with Crippen LogP contribution in [0.4, 0.5) is 0 Å². The Morgan fingerprint density at radius 2 is 2.00 bits per heavy atom. The van der Waals surface area contributed by atoms with Crippen molar-refractivity contribution in [2.75, 3.05) is 20.1 Å². The fourth-order valence-electron chi connectivity index (χ4n) is 1.69. The van der Waals surface area contributed by atoms with Gasteiger partial charge in [-0.15, -0.1) is 0 Å². The normalized spacial score (nSPS) is 11.8. The van der Waals surface area contributed by atoms with Gasteiger partial charge < -0.3 is 5.11 Å². The monoisotopic (exact) mass is 300 g/mol. The minimum Gasteiger partial charge on any atom is -0.478 e. The molecule has 0 fully saturated rings. The zero-order chi connectivity index (χ0) is 15.2. The molecule has 0 atom stereocenters. The van der Waals surface area contributed by atoms with Gasteiger partial charge in [0.25, 0.3) is 10.2 Å². The van der Waals surface area contributed by atoms with E-state index in [-0.39, 0.29) is 12.1 Å². The van der Waals surface area contributed by atoms with Crippen molar-refractivity contribution in [3.05, 3.63) is 35.4 Å². The summed E-state index contributed by atoms with van der Waals surface area (Å²) in [4.78, 5) is 11.1. The zero-order valence-electron chi connectivity index (χ0n) is 11.7. The summed E-state index contributed by atoms with van der Waals surface area (Å²) in [7, 11) is -2.02. The van der Waals surface area contributed by atoms with E-state index in [4.69, 9.17) is 5.11 Å². The maximum atomic E-state index is 11.8. The first-order chi connectivity index (χ1) is 9.38. The molecule has 1 aromatic carbocycles. The SMILES string of the molecule is CCCNS(=O)(=O)N(C)CCc1ccccc1C(=O)O. The van der Waals surface area contributed by atoms with E-state index in [9.17, 15) is 13.2 Å². The highest BCUT2D eigenvalue weighted by atomic mass is 32.2. The Morgan fingerprint density at radius 1 is 1.35 bits per heavy atom. The molecule has 7 heteroatoms. The second-order valence-corrected chi connectivity index (χ2v) is 6.30. The Bertz CT molecular complexity index is 557. The van der Waals surface area contributed by atoms with Gasteiger partial charge in [-0.1, -0.05) is 25.1 Å². The Labute approximate surface area is 119 Å². The standard InChI is InChI=1S/C13H20N2O4S/c1-3-9-14-20(18,19)15(2)10-8-11-6-4-5-7-12(11)13(16)17/h4-7,14H,3,8-10H2,1-2H3,(H,16,17). The lowest BCUT2D eigenvalue weighted by atomic mass is 10.1. The predicted molar refractivity (Wildman–Crippen MR) is 76.9 cm³/mol. The van der Waals surface area contributed by atoms with Gasteiger partial charge in [0.05, 0.1) is 5.56 Å². The van der Waals surface area contributed by atoms with Crippen molar-refractivity contribution in [1.29, 1.82) is 0 Å². The van der Waals surface area contributed by atoms with Crippen LogP contribution in [0.3, 0.4) is 0 Å². The third-order valence-electron chi connectivity index (χ3n) is 2.89. The number of likely N-dealkylation sites (N-methyl/N-ethyl adjacent to an activating group) is 1. The summed E-state index contributed by atoms with van der Waals surface area (Å²) in [5.41, 5.74) is 0.831. The lowest BCUT2D eigenvalue weighted by molar-refractivity contribution is 0.0695. The van der Waals surface area contributed by atoms with Gasteiger partial charge in [0, 0.05) is 20.1 Å². The molecule has 0 saturated heterocycles. The van der Waals surface area contributed by atoms with E-state index in [0.717, 1.165) is 6.42 Å². The molecule has 0 aromatic heterocycles. The van der Waals surface area contributed by atoms with Crippen LogP contribution >= 0.6 is 0 Å². The first kappa shape index (κ1) is 16.6. The van der Waals surface area contributed by atoms with Crippen LogP contribution in [0.15, 0.2) is 24.3 Å². The van der Waals surface area contributed by atoms with Crippen LogP contribution in [0.25, 0.3) is 0 Å². The van der Waals surface area contributed by atoms with Crippen molar-refractivity contribution in [3.8, 4) is 0 Å². The molecule has 0 bridgehead atoms. The molecule has 0 unspecified atom stereocenters. The first-order valence-electron chi connectivity index (χ1n) is 6.40. The van der Waals surface area contributed by atoms with Gasteiger partial charge >= 0.3 is 5.97 Å². The summed E-state index contributed by atoms with van der Waals surface area (Å²) in [6.45, 7) is 2.49. The number of aromatic carboxylic acids is 1. The van der Waals surface area contributed by atoms with Gasteiger partial charge in [-0.2, -0.15) is 12.7 Å². The second kappa shape index (κ2) is 7.37. The first-order valence-corrected chi connectivity index (χ1v) is 7.84. The lowest BCUT2D eigenvalue weighted by Crippen LogP contribution is -2.39. The molecule has 0 saturated carbocycles. The van der Waals surface area contributed by atoms with Crippen molar-refractivity contribution in [3.63, 3.8) is 0 Å². The number of benzene rings is 1. The number of hydrogen-bond acceptors (Lipinski definition) is 3. The Balaban J connectivity index is 2.70. The van der Waals surface area contributed by atoms with Gasteiger partial charge in [-0.3, -0.25) is 0 Å². The van der Waals surface area contributed by atoms with Crippen LogP contribution in [0.2, 0.25) is 0 Å². The maximum Gasteiger partial charge on any atom is 0.335 e. The molecule has 2 N–H and O–H groups in total. The van der Waals surface area contributed by atoms with Crippen molar-refractivity contribution in [2.45, 2.75) is 19.8 Å². The number of carbonyl (C=O) groups is 1. The van der Waals surface area contributed by atoms with Crippen LogP contribution in [0, 0.1) is 0 Å². The number of hydrogen-bond donors (Lipinski definition) is 2. The minimum absolute atomic E-state index is 0.208. The van der Waals surface area contributed by atoms with E-state index in [1.165, 1.54) is 17.4 Å². The van der Waals surface area contributed by atoms with Crippen LogP contribution in [-0.2, 0) is 16.6 Å². The highest BCUT2D eigenvalue weighted by Gasteiger charge is 2.17. The molecule has 0 spiro atoms. The molecule has 0 aliphatic rings. The fourth-order valence-corrected chi connectivity index (χ4v) is 2.70. The Morgan fingerprint density at radius 3 is 2.60 bits per heavy atom.